The average molecular weight is 768 g/mol. The molecule has 5 amide bonds. The molecule has 1 aliphatic rings. The summed E-state index contributed by atoms with van der Waals surface area (Å²) in [5.41, 5.74) is 35.1. The first-order valence-electron chi connectivity index (χ1n) is 17.9. The molecule has 55 heavy (non-hydrogen) atoms. The predicted molar refractivity (Wildman–Crippen MR) is 202 cm³/mol. The van der Waals surface area contributed by atoms with Gasteiger partial charge in [0.15, 0.2) is 17.7 Å². The Balaban J connectivity index is 1.95. The number of aromatic nitrogens is 3. The van der Waals surface area contributed by atoms with Crippen LogP contribution >= 0.6 is 0 Å². The van der Waals surface area contributed by atoms with Gasteiger partial charge in [-0.15, -0.1) is 5.10 Å². The van der Waals surface area contributed by atoms with Gasteiger partial charge in [0.2, 0.25) is 29.5 Å². The Hall–Kier alpha value is -6.12. The van der Waals surface area contributed by atoms with Gasteiger partial charge in [0.25, 0.3) is 0 Å². The van der Waals surface area contributed by atoms with Crippen LogP contribution in [0.15, 0.2) is 40.4 Å². The highest BCUT2D eigenvalue weighted by Gasteiger charge is 2.31. The third-order valence-corrected chi connectivity index (χ3v) is 8.56. The van der Waals surface area contributed by atoms with Gasteiger partial charge in [-0.1, -0.05) is 31.2 Å². The van der Waals surface area contributed by atoms with Gasteiger partial charge in [-0.25, -0.2) is 4.99 Å². The summed E-state index contributed by atoms with van der Waals surface area (Å²) in [6.45, 7) is 3.50. The number of hydrogen-bond donors (Lipinski definition) is 10. The van der Waals surface area contributed by atoms with Crippen LogP contribution in [0.4, 0.5) is 5.69 Å². The Kier molecular flexibility index (Phi) is 16.5. The van der Waals surface area contributed by atoms with E-state index in [9.17, 15) is 28.8 Å². The molecule has 2 heterocycles. The number of guanidine groups is 2. The molecule has 3 rings (SSSR count). The van der Waals surface area contributed by atoms with Gasteiger partial charge in [-0.3, -0.25) is 38.4 Å². The number of aliphatic imine (C=N–C) groups is 2. The van der Waals surface area contributed by atoms with E-state index in [2.05, 4.69) is 41.6 Å². The Morgan fingerprint density at radius 2 is 1.58 bits per heavy atom. The fourth-order valence-electron chi connectivity index (χ4n) is 5.78. The SMILES string of the molecule is CC(C)C[C@@H]1NC(=O)C(N)Cc2cn(nn2)CC[C@H](C(N)=O)NC(=O)[C@H](Cc2ccc(N=C(N)N)cc2)CC(=O)CNC(=O)C(CCCN=C(N)N)NC1=O. The molecule has 21 nitrogen and oxygen atoms in total. The number of rotatable bonds is 10. The number of carbonyl (C=O) groups is 6. The maximum absolute atomic E-state index is 13.7. The average Bonchev–Trinajstić information content (AvgIpc) is 3.56. The number of primary amides is 1. The van der Waals surface area contributed by atoms with Crippen molar-refractivity contribution in [2.24, 2.45) is 56.2 Å². The highest BCUT2D eigenvalue weighted by molar-refractivity contribution is 5.95. The van der Waals surface area contributed by atoms with Crippen molar-refractivity contribution in [1.82, 2.24) is 36.3 Å². The zero-order valence-electron chi connectivity index (χ0n) is 31.1. The van der Waals surface area contributed by atoms with E-state index in [-0.39, 0.29) is 75.9 Å². The second kappa shape index (κ2) is 20.9. The topological polar surface area (TPSA) is 362 Å². The molecule has 2 aromatic rings. The summed E-state index contributed by atoms with van der Waals surface area (Å²) >= 11 is 0. The fraction of sp³-hybridized carbons (Fsp3) is 0.529. The van der Waals surface area contributed by atoms with Crippen LogP contribution < -0.4 is 55.7 Å². The van der Waals surface area contributed by atoms with Crippen molar-refractivity contribution >= 4 is 52.9 Å². The summed E-state index contributed by atoms with van der Waals surface area (Å²) in [6, 6.07) is 2.18. The molecule has 0 spiro atoms. The summed E-state index contributed by atoms with van der Waals surface area (Å²) in [6.07, 6.45) is 1.85. The summed E-state index contributed by atoms with van der Waals surface area (Å²) in [7, 11) is 0. The number of nitrogens with zero attached hydrogens (tertiary/aromatic N) is 5. The van der Waals surface area contributed by atoms with Crippen molar-refractivity contribution in [2.75, 3.05) is 13.1 Å². The van der Waals surface area contributed by atoms with Crippen molar-refractivity contribution in [3.05, 3.63) is 41.7 Å². The van der Waals surface area contributed by atoms with Gasteiger partial charge in [0.05, 0.1) is 24.0 Å². The molecular weight excluding hydrogens is 714 g/mol. The molecule has 1 aromatic heterocycles. The lowest BCUT2D eigenvalue weighted by Gasteiger charge is -2.25. The van der Waals surface area contributed by atoms with Crippen LogP contribution in [0.2, 0.25) is 0 Å². The van der Waals surface area contributed by atoms with E-state index in [0.717, 1.165) is 0 Å². The standard InChI is InChI=1S/C34H53N15O6/c1-18(2)12-27-32(55)45-26(4-3-10-41-33(37)38)31(54)42-16-23(50)14-20(13-19-5-7-21(8-6-19)43-34(39)40)29(52)44-25(28(36)51)9-11-49-17-22(47-48-49)15-24(35)30(53)46-27/h5-8,17-18,20,24-27H,3-4,9-16,35H2,1-2H3,(H2,36,51)(H,42,54)(H,44,52)(H,45,55)(H,46,53)(H4,37,38,41)(H4,39,40,43)/t20-,24?,25-,26?,27+/m1/s1. The monoisotopic (exact) mass is 767 g/mol. The highest BCUT2D eigenvalue weighted by Crippen LogP contribution is 2.19. The van der Waals surface area contributed by atoms with Gasteiger partial charge in [0.1, 0.15) is 18.1 Å². The molecule has 0 aliphatic carbocycles. The molecule has 5 atom stereocenters. The summed E-state index contributed by atoms with van der Waals surface area (Å²) in [4.78, 5) is 87.8. The minimum atomic E-state index is -1.15. The van der Waals surface area contributed by atoms with E-state index in [1.165, 1.54) is 10.9 Å². The molecule has 1 aromatic carbocycles. The first kappa shape index (κ1) is 43.3. The lowest BCUT2D eigenvalue weighted by atomic mass is 9.92. The molecule has 16 N–H and O–H groups in total. The van der Waals surface area contributed by atoms with Crippen LogP contribution in [-0.4, -0.2) is 99.5 Å². The van der Waals surface area contributed by atoms with E-state index < -0.39 is 71.9 Å². The second-order valence-corrected chi connectivity index (χ2v) is 13.8. The van der Waals surface area contributed by atoms with Gasteiger partial charge in [0, 0.05) is 38.0 Å². The smallest absolute Gasteiger partial charge is 0.243 e. The number of nitrogens with two attached hydrogens (primary N) is 6. The van der Waals surface area contributed by atoms with Crippen LogP contribution in [0.3, 0.4) is 0 Å². The van der Waals surface area contributed by atoms with Gasteiger partial charge in [-0.2, -0.15) is 0 Å². The normalized spacial score (nSPS) is 22.2. The number of ketones is 1. The minimum Gasteiger partial charge on any atom is -0.370 e. The van der Waals surface area contributed by atoms with Gasteiger partial charge in [-0.05, 0) is 55.7 Å². The maximum atomic E-state index is 13.7. The third-order valence-electron chi connectivity index (χ3n) is 8.56. The first-order chi connectivity index (χ1) is 26.0. The van der Waals surface area contributed by atoms with Gasteiger partial charge >= 0.3 is 0 Å². The van der Waals surface area contributed by atoms with Crippen molar-refractivity contribution in [2.45, 2.75) is 89.5 Å². The van der Waals surface area contributed by atoms with E-state index in [4.69, 9.17) is 34.4 Å². The number of amides is 5. The zero-order valence-corrected chi connectivity index (χ0v) is 31.1. The Morgan fingerprint density at radius 3 is 2.22 bits per heavy atom. The molecule has 2 unspecified atom stereocenters. The lowest BCUT2D eigenvalue weighted by Crippen LogP contribution is -2.56. The molecular formula is C34H53N15O6. The molecule has 0 saturated heterocycles. The number of nitrogens with one attached hydrogen (secondary N) is 4. The quantitative estimate of drug-likeness (QED) is 0.0636. The fourth-order valence-corrected chi connectivity index (χ4v) is 5.78. The maximum Gasteiger partial charge on any atom is 0.243 e. The van der Waals surface area contributed by atoms with Crippen LogP contribution in [0, 0.1) is 11.8 Å². The van der Waals surface area contributed by atoms with Crippen LogP contribution in [0.1, 0.15) is 57.2 Å². The number of aryl methyl sites for hydroxylation is 1. The van der Waals surface area contributed by atoms with E-state index in [1.54, 1.807) is 24.3 Å². The first-order valence-corrected chi connectivity index (χ1v) is 17.9. The van der Waals surface area contributed by atoms with E-state index >= 15 is 0 Å². The number of Topliss-reactive ketones (excluding diaryl/α,β-unsaturated/α-hetero) is 1. The number of carbonyl (C=O) groups excluding carboxylic acids is 6. The van der Waals surface area contributed by atoms with Crippen molar-refractivity contribution in [3.8, 4) is 0 Å². The van der Waals surface area contributed by atoms with Crippen LogP contribution in [0.25, 0.3) is 0 Å². The molecule has 0 fully saturated rings. The van der Waals surface area contributed by atoms with Crippen LogP contribution in [-0.2, 0) is 48.2 Å². The summed E-state index contributed by atoms with van der Waals surface area (Å²) in [5, 5.41) is 18.7. The molecule has 2 bridgehead atoms. The van der Waals surface area contributed by atoms with E-state index in [0.29, 0.717) is 16.9 Å². The minimum absolute atomic E-state index is 0.0247. The predicted octanol–water partition coefficient (Wildman–Crippen LogP) is -3.57. The van der Waals surface area contributed by atoms with Crippen molar-refractivity contribution < 1.29 is 28.8 Å². The van der Waals surface area contributed by atoms with Crippen LogP contribution in [0.5, 0.6) is 0 Å². The Labute approximate surface area is 318 Å². The number of benzene rings is 1. The molecule has 0 saturated carbocycles. The Bertz CT molecular complexity index is 1720. The Morgan fingerprint density at radius 1 is 0.891 bits per heavy atom. The van der Waals surface area contributed by atoms with E-state index in [1.807, 2.05) is 13.8 Å². The molecule has 1 aliphatic heterocycles. The molecule has 0 radical (unpaired) electrons. The second-order valence-electron chi connectivity index (χ2n) is 13.8. The zero-order chi connectivity index (χ0) is 40.7. The van der Waals surface area contributed by atoms with Gasteiger partial charge < -0.3 is 55.7 Å². The summed E-state index contributed by atoms with van der Waals surface area (Å²) in [5.74, 6) is -5.23. The lowest BCUT2D eigenvalue weighted by molar-refractivity contribution is -0.134. The largest absolute Gasteiger partial charge is 0.370 e. The number of fused-ring (bicyclic) bond motifs is 2. The third kappa shape index (κ3) is 15.0. The van der Waals surface area contributed by atoms with Crippen molar-refractivity contribution in [1.29, 1.82) is 0 Å². The summed E-state index contributed by atoms with van der Waals surface area (Å²) < 4.78 is 1.41. The molecule has 21 heteroatoms. The number of hydrogen-bond acceptors (Lipinski definition) is 11. The van der Waals surface area contributed by atoms with Crippen molar-refractivity contribution in [3.63, 3.8) is 0 Å². The highest BCUT2D eigenvalue weighted by atomic mass is 16.2. The molecule has 300 valence electrons.